The van der Waals surface area contributed by atoms with Gasteiger partial charge in [0.1, 0.15) is 11.1 Å². The molecule has 8 heteroatoms. The maximum absolute atomic E-state index is 13.0. The molecule has 7 nitrogen and oxygen atoms in total. The van der Waals surface area contributed by atoms with Gasteiger partial charge in [0.2, 0.25) is 5.89 Å². The van der Waals surface area contributed by atoms with E-state index in [1.54, 1.807) is 13.1 Å². The van der Waals surface area contributed by atoms with Crippen molar-refractivity contribution < 1.29 is 9.21 Å². The topological polar surface area (TPSA) is 94.4 Å². The van der Waals surface area contributed by atoms with Crippen molar-refractivity contribution >= 4 is 45.2 Å². The standard InChI is InChI=1S/C24H23ClN4O3/c1-24(23-27-16-8-3-4-9-17(16)32-23)10-12-29(13-11-24)20-14-6-5-7-15(25)19(14)28(2)22(31)18(20)21(26)30/h3-9H,10-13H2,1-2H3,(H2,26,30). The highest BCUT2D eigenvalue weighted by molar-refractivity contribution is 6.35. The number of hydrogen-bond acceptors (Lipinski definition) is 5. The molecule has 3 heterocycles. The minimum Gasteiger partial charge on any atom is -0.440 e. The number of pyridine rings is 1. The zero-order valence-corrected chi connectivity index (χ0v) is 18.6. The lowest BCUT2D eigenvalue weighted by Crippen LogP contribution is -2.43. The van der Waals surface area contributed by atoms with Crippen LogP contribution in [0.1, 0.15) is 36.0 Å². The average molecular weight is 451 g/mol. The quantitative estimate of drug-likeness (QED) is 0.509. The number of hydrogen-bond donors (Lipinski definition) is 1. The van der Waals surface area contributed by atoms with Crippen molar-refractivity contribution in [2.45, 2.75) is 25.2 Å². The Bertz CT molecular complexity index is 1400. The third-order valence-corrected chi connectivity index (χ3v) is 6.88. The van der Waals surface area contributed by atoms with Gasteiger partial charge in [-0.1, -0.05) is 42.8 Å². The summed E-state index contributed by atoms with van der Waals surface area (Å²) in [5, 5.41) is 1.19. The molecule has 0 aliphatic carbocycles. The van der Waals surface area contributed by atoms with Crippen LogP contribution < -0.4 is 16.2 Å². The lowest BCUT2D eigenvalue weighted by atomic mass is 9.80. The van der Waals surface area contributed by atoms with Crippen molar-refractivity contribution in [3.63, 3.8) is 0 Å². The normalized spacial score (nSPS) is 16.0. The highest BCUT2D eigenvalue weighted by Gasteiger charge is 2.38. The molecule has 5 rings (SSSR count). The summed E-state index contributed by atoms with van der Waals surface area (Å²) in [5.41, 5.74) is 7.72. The molecule has 0 bridgehead atoms. The molecule has 1 saturated heterocycles. The second-order valence-corrected chi connectivity index (χ2v) is 9.03. The highest BCUT2D eigenvalue weighted by atomic mass is 35.5. The molecule has 0 atom stereocenters. The molecule has 1 fully saturated rings. The van der Waals surface area contributed by atoms with E-state index in [2.05, 4.69) is 11.8 Å². The largest absolute Gasteiger partial charge is 0.440 e. The van der Waals surface area contributed by atoms with E-state index < -0.39 is 11.5 Å². The first-order valence-corrected chi connectivity index (χ1v) is 10.9. The van der Waals surface area contributed by atoms with Crippen molar-refractivity contribution in [2.75, 3.05) is 18.0 Å². The van der Waals surface area contributed by atoms with E-state index in [0.29, 0.717) is 35.2 Å². The molecule has 1 aliphatic heterocycles. The number of fused-ring (bicyclic) bond motifs is 2. The molecule has 0 spiro atoms. The Morgan fingerprint density at radius 2 is 1.88 bits per heavy atom. The number of aryl methyl sites for hydroxylation is 1. The first-order valence-electron chi connectivity index (χ1n) is 10.5. The van der Waals surface area contributed by atoms with Gasteiger partial charge in [0.05, 0.1) is 16.2 Å². The van der Waals surface area contributed by atoms with Gasteiger partial charge in [0.25, 0.3) is 11.5 Å². The van der Waals surface area contributed by atoms with E-state index in [1.807, 2.05) is 36.4 Å². The zero-order chi connectivity index (χ0) is 22.6. The van der Waals surface area contributed by atoms with Crippen LogP contribution in [0.3, 0.4) is 0 Å². The number of oxazole rings is 1. The summed E-state index contributed by atoms with van der Waals surface area (Å²) in [5.74, 6) is -0.0277. The number of carbonyl (C=O) groups is 1. The minimum absolute atomic E-state index is 0.00673. The van der Waals surface area contributed by atoms with E-state index in [0.717, 1.165) is 29.3 Å². The van der Waals surface area contributed by atoms with Crippen LogP contribution in [0.5, 0.6) is 0 Å². The SMILES string of the molecule is Cn1c(=O)c(C(N)=O)c(N2CCC(C)(c3nc4ccccc4o3)CC2)c2cccc(Cl)c21. The second kappa shape index (κ2) is 7.38. The molecule has 0 unspecified atom stereocenters. The Balaban J connectivity index is 1.57. The fraction of sp³-hybridized carbons (Fsp3) is 0.292. The third kappa shape index (κ3) is 3.07. The molecule has 0 saturated carbocycles. The van der Waals surface area contributed by atoms with Crippen LogP contribution in [0.4, 0.5) is 5.69 Å². The predicted octanol–water partition coefficient (Wildman–Crippen LogP) is 3.99. The van der Waals surface area contributed by atoms with E-state index in [1.165, 1.54) is 4.57 Å². The number of halogens is 1. The van der Waals surface area contributed by atoms with Gasteiger partial charge < -0.3 is 19.6 Å². The number of nitrogens with zero attached hydrogens (tertiary/aromatic N) is 3. The van der Waals surface area contributed by atoms with E-state index >= 15 is 0 Å². The molecular weight excluding hydrogens is 428 g/mol. The summed E-state index contributed by atoms with van der Waals surface area (Å²) in [6, 6.07) is 13.1. The third-order valence-electron chi connectivity index (χ3n) is 6.57. The summed E-state index contributed by atoms with van der Waals surface area (Å²) in [7, 11) is 1.60. The fourth-order valence-electron chi connectivity index (χ4n) is 4.67. The monoisotopic (exact) mass is 450 g/mol. The molecule has 2 aromatic carbocycles. The average Bonchev–Trinajstić information content (AvgIpc) is 3.22. The van der Waals surface area contributed by atoms with Crippen molar-refractivity contribution in [3.05, 3.63) is 69.3 Å². The zero-order valence-electron chi connectivity index (χ0n) is 17.9. The van der Waals surface area contributed by atoms with Gasteiger partial charge in [-0.25, -0.2) is 4.98 Å². The number of benzene rings is 2. The van der Waals surface area contributed by atoms with Gasteiger partial charge in [0, 0.05) is 30.9 Å². The lowest BCUT2D eigenvalue weighted by Gasteiger charge is -2.39. The minimum atomic E-state index is -0.741. The van der Waals surface area contributed by atoms with Crippen LogP contribution in [0.15, 0.2) is 51.7 Å². The number of anilines is 1. The van der Waals surface area contributed by atoms with E-state index in [9.17, 15) is 9.59 Å². The van der Waals surface area contributed by atoms with Gasteiger partial charge >= 0.3 is 0 Å². The number of carbonyl (C=O) groups excluding carboxylic acids is 1. The van der Waals surface area contributed by atoms with Crippen LogP contribution in [0, 0.1) is 0 Å². The van der Waals surface area contributed by atoms with Gasteiger partial charge in [-0.15, -0.1) is 0 Å². The molecule has 2 N–H and O–H groups in total. The number of aromatic nitrogens is 2. The number of amides is 1. The summed E-state index contributed by atoms with van der Waals surface area (Å²) in [4.78, 5) is 32.1. The Hall–Kier alpha value is -3.32. The van der Waals surface area contributed by atoms with Gasteiger partial charge in [0.15, 0.2) is 5.58 Å². The molecule has 1 amide bonds. The highest BCUT2D eigenvalue weighted by Crippen LogP contribution is 2.40. The maximum atomic E-state index is 13.0. The van der Waals surface area contributed by atoms with Crippen LogP contribution in [-0.2, 0) is 12.5 Å². The number of nitrogens with two attached hydrogens (primary N) is 1. The molecule has 4 aromatic rings. The Labute approximate surface area is 189 Å². The van der Waals surface area contributed by atoms with Gasteiger partial charge in [-0.05, 0) is 31.0 Å². The van der Waals surface area contributed by atoms with Crippen LogP contribution in [0.25, 0.3) is 22.0 Å². The summed E-state index contributed by atoms with van der Waals surface area (Å²) < 4.78 is 7.46. The van der Waals surface area contributed by atoms with Crippen molar-refractivity contribution in [1.29, 1.82) is 0 Å². The van der Waals surface area contributed by atoms with E-state index in [-0.39, 0.29) is 11.0 Å². The summed E-state index contributed by atoms with van der Waals surface area (Å²) in [6.07, 6.45) is 1.49. The Kier molecular flexibility index (Phi) is 4.74. The number of piperidine rings is 1. The van der Waals surface area contributed by atoms with Crippen LogP contribution in [0.2, 0.25) is 5.02 Å². The molecule has 1 aliphatic rings. The van der Waals surface area contributed by atoms with Crippen LogP contribution in [-0.4, -0.2) is 28.5 Å². The smallest absolute Gasteiger partial charge is 0.265 e. The van der Waals surface area contributed by atoms with Crippen LogP contribution >= 0.6 is 11.6 Å². The summed E-state index contributed by atoms with van der Waals surface area (Å²) >= 11 is 6.43. The molecular formula is C24H23ClN4O3. The fourth-order valence-corrected chi connectivity index (χ4v) is 4.97. The number of rotatable bonds is 3. The van der Waals surface area contributed by atoms with Crippen molar-refractivity contribution in [1.82, 2.24) is 9.55 Å². The first kappa shape index (κ1) is 20.6. The van der Waals surface area contributed by atoms with Crippen molar-refractivity contribution in [3.8, 4) is 0 Å². The molecule has 164 valence electrons. The predicted molar refractivity (Wildman–Crippen MR) is 126 cm³/mol. The van der Waals surface area contributed by atoms with Crippen molar-refractivity contribution in [2.24, 2.45) is 12.8 Å². The Morgan fingerprint density at radius 3 is 2.56 bits per heavy atom. The molecule has 0 radical (unpaired) electrons. The maximum Gasteiger partial charge on any atom is 0.265 e. The van der Waals surface area contributed by atoms with E-state index in [4.69, 9.17) is 26.7 Å². The molecule has 32 heavy (non-hydrogen) atoms. The van der Waals surface area contributed by atoms with Gasteiger partial charge in [-0.3, -0.25) is 9.59 Å². The Morgan fingerprint density at radius 1 is 1.16 bits per heavy atom. The molecule has 2 aromatic heterocycles. The second-order valence-electron chi connectivity index (χ2n) is 8.62. The first-order chi connectivity index (χ1) is 15.3. The number of para-hydroxylation sites is 3. The number of primary amides is 1. The summed E-state index contributed by atoms with van der Waals surface area (Å²) in [6.45, 7) is 3.37. The lowest BCUT2D eigenvalue weighted by molar-refractivity contribution is 0.0999. The van der Waals surface area contributed by atoms with Gasteiger partial charge in [-0.2, -0.15) is 0 Å².